The van der Waals surface area contributed by atoms with Gasteiger partial charge in [-0.2, -0.15) is 0 Å². The molecule has 29 heavy (non-hydrogen) atoms. The zero-order chi connectivity index (χ0) is 18.9. The SMILES string of the molecule is c1ccc2c(c1)oc1ccc3nc(-n4c5ccccc5c5ccccc54)sc3c12. The number of nitrogens with zero attached hydrogens (tertiary/aromatic N) is 2. The van der Waals surface area contributed by atoms with Crippen molar-refractivity contribution in [1.82, 2.24) is 9.55 Å². The second kappa shape index (κ2) is 5.46. The summed E-state index contributed by atoms with van der Waals surface area (Å²) in [6.45, 7) is 0. The van der Waals surface area contributed by atoms with E-state index in [9.17, 15) is 0 Å². The fraction of sp³-hybridized carbons (Fsp3) is 0. The Labute approximate surface area is 169 Å². The molecule has 0 amide bonds. The van der Waals surface area contributed by atoms with Crippen LogP contribution in [0.25, 0.3) is 59.1 Å². The van der Waals surface area contributed by atoms with Crippen LogP contribution in [0.5, 0.6) is 0 Å². The van der Waals surface area contributed by atoms with Gasteiger partial charge in [-0.25, -0.2) is 4.98 Å². The largest absolute Gasteiger partial charge is 0.456 e. The number of aromatic nitrogens is 2. The highest BCUT2D eigenvalue weighted by Gasteiger charge is 2.17. The van der Waals surface area contributed by atoms with Gasteiger partial charge in [-0.1, -0.05) is 65.9 Å². The van der Waals surface area contributed by atoms with Crippen LogP contribution in [0.2, 0.25) is 0 Å². The molecule has 3 nitrogen and oxygen atoms in total. The Kier molecular flexibility index (Phi) is 2.88. The zero-order valence-electron chi connectivity index (χ0n) is 15.3. The van der Waals surface area contributed by atoms with Crippen molar-refractivity contribution in [3.63, 3.8) is 0 Å². The molecule has 0 N–H and O–H groups in total. The molecule has 3 aromatic heterocycles. The average molecular weight is 390 g/mol. The summed E-state index contributed by atoms with van der Waals surface area (Å²) in [5.74, 6) is 0. The quantitative estimate of drug-likeness (QED) is 0.295. The topological polar surface area (TPSA) is 31.0 Å². The maximum Gasteiger partial charge on any atom is 0.195 e. The summed E-state index contributed by atoms with van der Waals surface area (Å²) in [6.07, 6.45) is 0. The van der Waals surface area contributed by atoms with Gasteiger partial charge in [-0.15, -0.1) is 0 Å². The number of benzene rings is 4. The van der Waals surface area contributed by atoms with E-state index in [0.29, 0.717) is 0 Å². The molecule has 136 valence electrons. The summed E-state index contributed by atoms with van der Waals surface area (Å²) in [6, 6.07) is 29.4. The standard InChI is InChI=1S/C25H14N2OS/c1-4-10-19-15(7-1)16-8-2-5-11-20(16)27(19)25-26-18-13-14-22-23(24(18)29-25)17-9-3-6-12-21(17)28-22/h1-14H. The maximum atomic E-state index is 6.07. The average Bonchev–Trinajstić information content (AvgIpc) is 3.44. The molecule has 0 saturated carbocycles. The van der Waals surface area contributed by atoms with Crippen molar-refractivity contribution >= 4 is 65.3 Å². The zero-order valence-corrected chi connectivity index (χ0v) is 16.1. The molecule has 0 unspecified atom stereocenters. The Morgan fingerprint density at radius 2 is 1.31 bits per heavy atom. The van der Waals surface area contributed by atoms with Crippen molar-refractivity contribution in [3.05, 3.63) is 84.9 Å². The number of furan rings is 1. The van der Waals surface area contributed by atoms with E-state index >= 15 is 0 Å². The third kappa shape index (κ3) is 1.99. The first-order chi connectivity index (χ1) is 14.4. The molecular formula is C25H14N2OS. The van der Waals surface area contributed by atoms with E-state index in [4.69, 9.17) is 9.40 Å². The monoisotopic (exact) mass is 390 g/mol. The van der Waals surface area contributed by atoms with Crippen molar-refractivity contribution < 1.29 is 4.42 Å². The first-order valence-electron chi connectivity index (χ1n) is 9.58. The lowest BCUT2D eigenvalue weighted by atomic mass is 10.1. The van der Waals surface area contributed by atoms with Crippen molar-refractivity contribution in [2.75, 3.05) is 0 Å². The van der Waals surface area contributed by atoms with E-state index < -0.39 is 0 Å². The van der Waals surface area contributed by atoms with Crippen molar-refractivity contribution in [3.8, 4) is 5.13 Å². The summed E-state index contributed by atoms with van der Waals surface area (Å²) in [5, 5.41) is 5.78. The molecular weight excluding hydrogens is 376 g/mol. The molecule has 3 heterocycles. The third-order valence-electron chi connectivity index (χ3n) is 5.66. The van der Waals surface area contributed by atoms with Gasteiger partial charge in [0.05, 0.1) is 21.3 Å². The summed E-state index contributed by atoms with van der Waals surface area (Å²) >= 11 is 1.73. The molecule has 0 bridgehead atoms. The highest BCUT2D eigenvalue weighted by atomic mass is 32.1. The lowest BCUT2D eigenvalue weighted by molar-refractivity contribution is 0.669. The highest BCUT2D eigenvalue weighted by molar-refractivity contribution is 7.22. The van der Waals surface area contributed by atoms with E-state index in [-0.39, 0.29) is 0 Å². The molecule has 0 atom stereocenters. The predicted octanol–water partition coefficient (Wildman–Crippen LogP) is 7.29. The minimum absolute atomic E-state index is 0.913. The highest BCUT2D eigenvalue weighted by Crippen LogP contribution is 2.40. The normalized spacial score (nSPS) is 12.1. The van der Waals surface area contributed by atoms with Gasteiger partial charge in [-0.05, 0) is 30.3 Å². The molecule has 4 aromatic carbocycles. The second-order valence-electron chi connectivity index (χ2n) is 7.25. The molecule has 0 spiro atoms. The Bertz CT molecular complexity index is 1660. The van der Waals surface area contributed by atoms with Crippen LogP contribution in [0.1, 0.15) is 0 Å². The summed E-state index contributed by atoms with van der Waals surface area (Å²) in [7, 11) is 0. The van der Waals surface area contributed by atoms with E-state index in [1.807, 2.05) is 18.2 Å². The lowest BCUT2D eigenvalue weighted by Crippen LogP contribution is -1.91. The Hall–Kier alpha value is -3.63. The Balaban J connectivity index is 1.63. The van der Waals surface area contributed by atoms with Gasteiger partial charge in [-0.3, -0.25) is 4.57 Å². The molecule has 7 rings (SSSR count). The number of para-hydroxylation sites is 3. The van der Waals surface area contributed by atoms with Crippen LogP contribution in [0.4, 0.5) is 0 Å². The van der Waals surface area contributed by atoms with Gasteiger partial charge >= 0.3 is 0 Å². The van der Waals surface area contributed by atoms with Crippen LogP contribution >= 0.6 is 11.3 Å². The first-order valence-corrected chi connectivity index (χ1v) is 10.4. The van der Waals surface area contributed by atoms with Gasteiger partial charge in [0.15, 0.2) is 5.13 Å². The molecule has 4 heteroatoms. The van der Waals surface area contributed by atoms with E-state index in [1.54, 1.807) is 11.3 Å². The van der Waals surface area contributed by atoms with Crippen LogP contribution in [0.15, 0.2) is 89.3 Å². The summed E-state index contributed by atoms with van der Waals surface area (Å²) in [5.41, 5.74) is 5.20. The molecule has 0 aliphatic carbocycles. The smallest absolute Gasteiger partial charge is 0.195 e. The van der Waals surface area contributed by atoms with Crippen LogP contribution in [-0.2, 0) is 0 Å². The summed E-state index contributed by atoms with van der Waals surface area (Å²) < 4.78 is 9.52. The summed E-state index contributed by atoms with van der Waals surface area (Å²) in [4.78, 5) is 5.03. The van der Waals surface area contributed by atoms with E-state index in [2.05, 4.69) is 71.3 Å². The molecule has 0 aliphatic rings. The Morgan fingerprint density at radius 3 is 2.07 bits per heavy atom. The van der Waals surface area contributed by atoms with Gasteiger partial charge in [0.1, 0.15) is 11.2 Å². The molecule has 0 aliphatic heterocycles. The number of hydrogen-bond acceptors (Lipinski definition) is 3. The first kappa shape index (κ1) is 15.3. The van der Waals surface area contributed by atoms with Crippen LogP contribution in [0.3, 0.4) is 0 Å². The second-order valence-corrected chi connectivity index (χ2v) is 8.23. The van der Waals surface area contributed by atoms with Gasteiger partial charge in [0, 0.05) is 21.5 Å². The van der Waals surface area contributed by atoms with Crippen molar-refractivity contribution in [1.29, 1.82) is 0 Å². The number of hydrogen-bond donors (Lipinski definition) is 0. The Morgan fingerprint density at radius 1 is 0.655 bits per heavy atom. The van der Waals surface area contributed by atoms with Gasteiger partial charge in [0.25, 0.3) is 0 Å². The van der Waals surface area contributed by atoms with Gasteiger partial charge in [0.2, 0.25) is 0 Å². The minimum Gasteiger partial charge on any atom is -0.456 e. The molecule has 0 saturated heterocycles. The van der Waals surface area contributed by atoms with E-state index in [0.717, 1.165) is 32.6 Å². The number of rotatable bonds is 1. The molecule has 0 fully saturated rings. The molecule has 0 radical (unpaired) electrons. The molecule has 7 aromatic rings. The van der Waals surface area contributed by atoms with Crippen LogP contribution in [0, 0.1) is 0 Å². The fourth-order valence-electron chi connectivity index (χ4n) is 4.41. The van der Waals surface area contributed by atoms with Crippen LogP contribution < -0.4 is 0 Å². The lowest BCUT2D eigenvalue weighted by Gasteiger charge is -2.02. The van der Waals surface area contributed by atoms with Crippen LogP contribution in [-0.4, -0.2) is 9.55 Å². The van der Waals surface area contributed by atoms with Gasteiger partial charge < -0.3 is 4.42 Å². The number of fused-ring (bicyclic) bond motifs is 8. The predicted molar refractivity (Wildman–Crippen MR) is 121 cm³/mol. The van der Waals surface area contributed by atoms with Crippen molar-refractivity contribution in [2.24, 2.45) is 0 Å². The van der Waals surface area contributed by atoms with E-state index in [1.165, 1.54) is 26.5 Å². The maximum absolute atomic E-state index is 6.07. The fourth-order valence-corrected chi connectivity index (χ4v) is 5.55. The van der Waals surface area contributed by atoms with Crippen molar-refractivity contribution in [2.45, 2.75) is 0 Å². The third-order valence-corrected chi connectivity index (χ3v) is 6.73. The minimum atomic E-state index is 0.913. The number of thiazole rings is 1.